The van der Waals surface area contributed by atoms with Gasteiger partial charge in [-0.3, -0.25) is 19.5 Å². The molecule has 41 heavy (non-hydrogen) atoms. The molecule has 10 heteroatoms. The highest BCUT2D eigenvalue weighted by Gasteiger charge is 2.32. The van der Waals surface area contributed by atoms with Crippen molar-refractivity contribution in [3.63, 3.8) is 0 Å². The molecule has 0 radical (unpaired) electrons. The van der Waals surface area contributed by atoms with Gasteiger partial charge in [0.1, 0.15) is 11.5 Å². The molecule has 3 heterocycles. The number of hydrogen-bond donors (Lipinski definition) is 0. The van der Waals surface area contributed by atoms with E-state index in [1.54, 1.807) is 34.9 Å². The number of rotatable bonds is 4. The summed E-state index contributed by atoms with van der Waals surface area (Å²) < 4.78 is 8.15. The predicted octanol–water partition coefficient (Wildman–Crippen LogP) is 6.79. The number of hydrogen-bond acceptors (Lipinski definition) is 6. The summed E-state index contributed by atoms with van der Waals surface area (Å²) in [5, 5.41) is 12.5. The zero-order valence-electron chi connectivity index (χ0n) is 21.2. The molecule has 0 amide bonds. The van der Waals surface area contributed by atoms with E-state index in [1.165, 1.54) is 23.0 Å². The smallest absolute Gasteiger partial charge is 0.281 e. The Hall–Kier alpha value is -4.24. The second-order valence-corrected chi connectivity index (χ2v) is 11.7. The molecular formula is C31H19Cl2N3O4S. The molecule has 0 N–H and O–H groups in total. The van der Waals surface area contributed by atoms with Crippen molar-refractivity contribution < 1.29 is 9.34 Å². The number of fused-ring (bicyclic) bond motifs is 3. The largest absolute Gasteiger partial charge is 0.456 e. The van der Waals surface area contributed by atoms with E-state index in [2.05, 4.69) is 12.1 Å². The lowest BCUT2D eigenvalue weighted by molar-refractivity contribution is -0.384. The van der Waals surface area contributed by atoms with Gasteiger partial charge in [-0.15, -0.1) is 0 Å². The molecule has 0 saturated carbocycles. The van der Waals surface area contributed by atoms with Gasteiger partial charge < -0.3 is 4.42 Å². The molecule has 0 spiro atoms. The Morgan fingerprint density at radius 1 is 0.976 bits per heavy atom. The van der Waals surface area contributed by atoms with Crippen LogP contribution in [0.15, 0.2) is 98.6 Å². The van der Waals surface area contributed by atoms with Crippen LogP contribution in [0.2, 0.25) is 10.0 Å². The fraction of sp³-hybridized carbons (Fsp3) is 0.0968. The topological polar surface area (TPSA) is 90.6 Å². The predicted molar refractivity (Wildman–Crippen MR) is 160 cm³/mol. The van der Waals surface area contributed by atoms with E-state index in [1.807, 2.05) is 36.4 Å². The van der Waals surface area contributed by atoms with Crippen molar-refractivity contribution >= 4 is 52.0 Å². The molecule has 0 fully saturated rings. The fourth-order valence-corrected chi connectivity index (χ4v) is 6.81. The van der Waals surface area contributed by atoms with E-state index in [9.17, 15) is 14.9 Å². The van der Waals surface area contributed by atoms with Gasteiger partial charge in [-0.05, 0) is 65.9 Å². The van der Waals surface area contributed by atoms with Crippen molar-refractivity contribution in [3.05, 3.63) is 147 Å². The molecule has 0 unspecified atom stereocenters. The zero-order chi connectivity index (χ0) is 28.2. The number of furan rings is 1. The third-order valence-electron chi connectivity index (χ3n) is 7.38. The number of allylic oxidation sites excluding steroid dienone is 1. The summed E-state index contributed by atoms with van der Waals surface area (Å²) in [5.74, 6) is 0.699. The van der Waals surface area contributed by atoms with E-state index in [0.717, 1.165) is 35.2 Å². The Bertz CT molecular complexity index is 2090. The number of benzene rings is 3. The normalized spacial score (nSPS) is 16.1. The van der Waals surface area contributed by atoms with E-state index in [4.69, 9.17) is 32.6 Å². The van der Waals surface area contributed by atoms with Crippen LogP contribution < -0.4 is 14.9 Å². The highest BCUT2D eigenvalue weighted by molar-refractivity contribution is 7.07. The van der Waals surface area contributed by atoms with Crippen molar-refractivity contribution in [2.24, 2.45) is 4.99 Å². The van der Waals surface area contributed by atoms with Gasteiger partial charge in [0.15, 0.2) is 4.80 Å². The highest BCUT2D eigenvalue weighted by Crippen LogP contribution is 2.41. The number of thiazole rings is 1. The quantitative estimate of drug-likeness (QED) is 0.168. The molecule has 1 atom stereocenters. The first-order valence-corrected chi connectivity index (χ1v) is 14.4. The van der Waals surface area contributed by atoms with Gasteiger partial charge in [-0.25, -0.2) is 4.99 Å². The Labute approximate surface area is 247 Å². The molecule has 202 valence electrons. The molecule has 1 aliphatic heterocycles. The highest BCUT2D eigenvalue weighted by atomic mass is 35.5. The monoisotopic (exact) mass is 599 g/mol. The Balaban J connectivity index is 1.38. The first kappa shape index (κ1) is 25.7. The lowest BCUT2D eigenvalue weighted by Gasteiger charge is -2.30. The minimum Gasteiger partial charge on any atom is -0.456 e. The number of nitro benzene ring substituents is 1. The second-order valence-electron chi connectivity index (χ2n) is 9.79. The van der Waals surface area contributed by atoms with E-state index in [-0.39, 0.29) is 22.3 Å². The van der Waals surface area contributed by atoms with Gasteiger partial charge in [0.25, 0.3) is 11.2 Å². The van der Waals surface area contributed by atoms with Crippen LogP contribution in [0.5, 0.6) is 0 Å². The van der Waals surface area contributed by atoms with E-state index >= 15 is 0 Å². The third kappa shape index (κ3) is 4.44. The van der Waals surface area contributed by atoms with Gasteiger partial charge in [-0.2, -0.15) is 0 Å². The summed E-state index contributed by atoms with van der Waals surface area (Å²) in [6.07, 6.45) is 3.31. The molecule has 2 aliphatic rings. The van der Waals surface area contributed by atoms with Gasteiger partial charge in [0, 0.05) is 27.8 Å². The van der Waals surface area contributed by atoms with Gasteiger partial charge in [-0.1, -0.05) is 70.9 Å². The summed E-state index contributed by atoms with van der Waals surface area (Å²) in [6.45, 7) is 0. The lowest BCUT2D eigenvalue weighted by atomic mass is 9.83. The van der Waals surface area contributed by atoms with Crippen molar-refractivity contribution in [3.8, 4) is 11.3 Å². The molecule has 0 bridgehead atoms. The Morgan fingerprint density at radius 3 is 2.56 bits per heavy atom. The molecule has 7 rings (SSSR count). The van der Waals surface area contributed by atoms with Crippen LogP contribution in [-0.4, -0.2) is 9.49 Å². The van der Waals surface area contributed by atoms with Crippen LogP contribution >= 0.6 is 34.5 Å². The van der Waals surface area contributed by atoms with Crippen LogP contribution in [0, 0.1) is 10.1 Å². The summed E-state index contributed by atoms with van der Waals surface area (Å²) in [4.78, 5) is 30.6. The van der Waals surface area contributed by atoms with Crippen LogP contribution in [0.1, 0.15) is 34.9 Å². The summed E-state index contributed by atoms with van der Waals surface area (Å²) in [7, 11) is 0. The average molecular weight is 600 g/mol. The maximum absolute atomic E-state index is 13.9. The maximum Gasteiger partial charge on any atom is 0.281 e. The van der Waals surface area contributed by atoms with Crippen molar-refractivity contribution in [2.45, 2.75) is 18.9 Å². The first-order valence-electron chi connectivity index (χ1n) is 12.8. The number of aryl methyl sites for hydroxylation is 1. The molecule has 1 aliphatic carbocycles. The Kier molecular flexibility index (Phi) is 6.27. The minimum atomic E-state index is -0.502. The lowest BCUT2D eigenvalue weighted by Crippen LogP contribution is -2.38. The summed E-state index contributed by atoms with van der Waals surface area (Å²) in [6, 6.07) is 23.3. The fourth-order valence-electron chi connectivity index (χ4n) is 5.54. The summed E-state index contributed by atoms with van der Waals surface area (Å²) >= 11 is 13.5. The van der Waals surface area contributed by atoms with Crippen LogP contribution in [0.3, 0.4) is 0 Å². The van der Waals surface area contributed by atoms with E-state index in [0.29, 0.717) is 31.4 Å². The molecule has 2 aromatic heterocycles. The maximum atomic E-state index is 13.9. The number of aromatic nitrogens is 1. The SMILES string of the molecule is O=c1/c(=C\c2ccc(-c3ccc(Cl)cc3[N+](=O)[O-])o2)sc2n1[C@@H](c1ccc(Cl)cc1)C1=C(N=2)c2ccccc2CC1. The van der Waals surface area contributed by atoms with Gasteiger partial charge >= 0.3 is 0 Å². The molecule has 3 aromatic carbocycles. The van der Waals surface area contributed by atoms with Gasteiger partial charge in [0.05, 0.1) is 26.8 Å². The third-order valence-corrected chi connectivity index (χ3v) is 8.85. The van der Waals surface area contributed by atoms with Crippen molar-refractivity contribution in [1.82, 2.24) is 4.57 Å². The number of halogens is 2. The summed E-state index contributed by atoms with van der Waals surface area (Å²) in [5.41, 5.74) is 5.25. The average Bonchev–Trinajstić information content (AvgIpc) is 3.56. The van der Waals surface area contributed by atoms with Crippen molar-refractivity contribution in [1.29, 1.82) is 0 Å². The van der Waals surface area contributed by atoms with Gasteiger partial charge in [0.2, 0.25) is 0 Å². The van der Waals surface area contributed by atoms with Crippen LogP contribution in [0.25, 0.3) is 23.1 Å². The molecule has 0 saturated heterocycles. The van der Waals surface area contributed by atoms with E-state index < -0.39 is 4.92 Å². The van der Waals surface area contributed by atoms with Crippen molar-refractivity contribution in [2.75, 3.05) is 0 Å². The molecular weight excluding hydrogens is 581 g/mol. The number of nitro groups is 1. The van der Waals surface area contributed by atoms with Crippen LogP contribution in [-0.2, 0) is 6.42 Å². The molecule has 5 aromatic rings. The molecule has 7 nitrogen and oxygen atoms in total. The standard InChI is InChI=1S/C31H19Cl2N3O4S/c32-19-8-5-18(6-9-19)29-24-12-7-17-3-1-2-4-22(17)28(24)34-31-35(29)30(37)27(41-31)16-21-11-14-26(40-21)23-13-10-20(33)15-25(23)36(38)39/h1-6,8-11,13-16,29H,7,12H2/b27-16+/t29-/m0/s1. The second kappa shape index (κ2) is 9.99. The Morgan fingerprint density at radius 2 is 1.76 bits per heavy atom. The number of nitrogens with zero attached hydrogens (tertiary/aromatic N) is 3. The first-order chi connectivity index (χ1) is 19.9. The zero-order valence-corrected chi connectivity index (χ0v) is 23.5. The van der Waals surface area contributed by atoms with Crippen LogP contribution in [0.4, 0.5) is 5.69 Å². The minimum absolute atomic E-state index is 0.161.